The molecule has 72 valence electrons. The first-order chi connectivity index (χ1) is 6.05. The Morgan fingerprint density at radius 2 is 1.62 bits per heavy atom. The average molecular weight is 194 g/mol. The number of ether oxygens (including phenoxy) is 1. The second-order valence-electron chi connectivity index (χ2n) is 4.39. The van der Waals surface area contributed by atoms with Gasteiger partial charge in [-0.2, -0.15) is 0 Å². The van der Waals surface area contributed by atoms with Gasteiger partial charge in [0.25, 0.3) is 0 Å². The van der Waals surface area contributed by atoms with E-state index >= 15 is 0 Å². The van der Waals surface area contributed by atoms with E-state index in [0.717, 1.165) is 0 Å². The summed E-state index contributed by atoms with van der Waals surface area (Å²) in [6.45, 7) is 6.98. The summed E-state index contributed by atoms with van der Waals surface area (Å²) in [7, 11) is 0.552. The molecule has 0 heterocycles. The van der Waals surface area contributed by atoms with Crippen molar-refractivity contribution in [3.8, 4) is 0 Å². The van der Waals surface area contributed by atoms with E-state index in [1.807, 2.05) is 6.07 Å². The quantitative estimate of drug-likeness (QED) is 0.671. The molecule has 0 spiro atoms. The molecular formula is C11H18OSi. The molecular weight excluding hydrogens is 176 g/mol. The molecule has 0 saturated carbocycles. The predicted octanol–water partition coefficient (Wildman–Crippen LogP) is 3.25. The van der Waals surface area contributed by atoms with E-state index in [-0.39, 0.29) is 0 Å². The molecule has 13 heavy (non-hydrogen) atoms. The van der Waals surface area contributed by atoms with Gasteiger partial charge in [0.2, 0.25) is 0 Å². The van der Waals surface area contributed by atoms with Crippen LogP contribution in [0.2, 0.25) is 19.6 Å². The molecule has 0 aliphatic rings. The highest BCUT2D eigenvalue weighted by Crippen LogP contribution is 2.26. The lowest BCUT2D eigenvalue weighted by Gasteiger charge is -2.27. The third kappa shape index (κ3) is 2.67. The molecule has 1 aromatic carbocycles. The first-order valence-corrected chi connectivity index (χ1v) is 8.21. The summed E-state index contributed by atoms with van der Waals surface area (Å²) < 4.78 is 5.56. The van der Waals surface area contributed by atoms with Crippen LogP contribution in [0.3, 0.4) is 0 Å². The van der Waals surface area contributed by atoms with Crippen LogP contribution >= 0.6 is 0 Å². The molecule has 0 fully saturated rings. The maximum atomic E-state index is 5.56. The molecule has 0 aliphatic carbocycles. The Kier molecular flexibility index (Phi) is 3.28. The smallest absolute Gasteiger partial charge is 0.0842 e. The fourth-order valence-electron chi connectivity index (χ4n) is 1.62. The predicted molar refractivity (Wildman–Crippen MR) is 59.5 cm³/mol. The van der Waals surface area contributed by atoms with Crippen LogP contribution in [0.15, 0.2) is 30.3 Å². The van der Waals surface area contributed by atoms with Crippen molar-refractivity contribution in [3.63, 3.8) is 0 Å². The van der Waals surface area contributed by atoms with Gasteiger partial charge in [-0.1, -0.05) is 50.0 Å². The topological polar surface area (TPSA) is 9.23 Å². The van der Waals surface area contributed by atoms with Crippen molar-refractivity contribution in [3.05, 3.63) is 35.9 Å². The highest BCUT2D eigenvalue weighted by molar-refractivity contribution is 6.77. The average Bonchev–Trinajstić information content (AvgIpc) is 2.05. The summed E-state index contributed by atoms with van der Waals surface area (Å²) in [4.78, 5) is 0. The second-order valence-corrected chi connectivity index (χ2v) is 9.65. The molecule has 1 unspecified atom stereocenters. The van der Waals surface area contributed by atoms with Crippen molar-refractivity contribution in [1.82, 2.24) is 0 Å². The second kappa shape index (κ2) is 4.07. The molecule has 0 radical (unpaired) electrons. The van der Waals surface area contributed by atoms with E-state index in [9.17, 15) is 0 Å². The largest absolute Gasteiger partial charge is 0.380 e. The minimum Gasteiger partial charge on any atom is -0.380 e. The summed E-state index contributed by atoms with van der Waals surface area (Å²) in [5, 5.41) is 0. The zero-order valence-corrected chi connectivity index (χ0v) is 9.87. The third-order valence-electron chi connectivity index (χ3n) is 2.12. The minimum atomic E-state index is -1.25. The Hall–Kier alpha value is -0.603. The van der Waals surface area contributed by atoms with E-state index in [0.29, 0.717) is 5.73 Å². The van der Waals surface area contributed by atoms with E-state index in [4.69, 9.17) is 4.74 Å². The van der Waals surface area contributed by atoms with Gasteiger partial charge >= 0.3 is 0 Å². The van der Waals surface area contributed by atoms with Crippen LogP contribution in [0.25, 0.3) is 0 Å². The summed E-state index contributed by atoms with van der Waals surface area (Å²) in [6, 6.07) is 10.5. The number of methoxy groups -OCH3 is 1. The van der Waals surface area contributed by atoms with Gasteiger partial charge < -0.3 is 4.74 Å². The maximum Gasteiger partial charge on any atom is 0.0842 e. The van der Waals surface area contributed by atoms with Crippen molar-refractivity contribution < 1.29 is 4.74 Å². The molecule has 1 aromatic rings. The maximum absolute atomic E-state index is 5.56. The SMILES string of the molecule is COC(c1ccccc1)[Si](C)(C)C. The Morgan fingerprint density at radius 1 is 1.08 bits per heavy atom. The highest BCUT2D eigenvalue weighted by Gasteiger charge is 2.27. The zero-order valence-electron chi connectivity index (χ0n) is 8.87. The number of hydrogen-bond donors (Lipinski definition) is 0. The minimum absolute atomic E-state index is 0.314. The molecule has 0 amide bonds. The van der Waals surface area contributed by atoms with E-state index in [1.165, 1.54) is 5.56 Å². The van der Waals surface area contributed by atoms with Crippen LogP contribution in [-0.2, 0) is 4.74 Å². The Labute approximate surface area is 81.8 Å². The number of hydrogen-bond acceptors (Lipinski definition) is 1. The van der Waals surface area contributed by atoms with Crippen molar-refractivity contribution in [1.29, 1.82) is 0 Å². The highest BCUT2D eigenvalue weighted by atomic mass is 28.3. The molecule has 1 rings (SSSR count). The zero-order chi connectivity index (χ0) is 9.90. The molecule has 0 aliphatic heterocycles. The Balaban J connectivity index is 2.92. The Morgan fingerprint density at radius 3 is 2.00 bits per heavy atom. The van der Waals surface area contributed by atoms with Crippen LogP contribution in [0.1, 0.15) is 11.3 Å². The van der Waals surface area contributed by atoms with Crippen molar-refractivity contribution >= 4 is 8.07 Å². The lowest BCUT2D eigenvalue weighted by molar-refractivity contribution is 0.160. The summed E-state index contributed by atoms with van der Waals surface area (Å²) in [5.41, 5.74) is 1.62. The van der Waals surface area contributed by atoms with Gasteiger partial charge in [0.15, 0.2) is 0 Å². The van der Waals surface area contributed by atoms with Crippen LogP contribution in [0.5, 0.6) is 0 Å². The third-order valence-corrected chi connectivity index (χ3v) is 4.27. The molecule has 1 atom stereocenters. The van der Waals surface area contributed by atoms with Gasteiger partial charge in [-0.15, -0.1) is 0 Å². The van der Waals surface area contributed by atoms with Crippen molar-refractivity contribution in [2.45, 2.75) is 25.4 Å². The van der Waals surface area contributed by atoms with Crippen LogP contribution in [0, 0.1) is 0 Å². The molecule has 0 bridgehead atoms. The summed E-state index contributed by atoms with van der Waals surface area (Å²) >= 11 is 0. The van der Waals surface area contributed by atoms with Gasteiger partial charge in [0.1, 0.15) is 0 Å². The fourth-order valence-corrected chi connectivity index (χ4v) is 3.52. The molecule has 0 N–H and O–H groups in total. The van der Waals surface area contributed by atoms with Crippen LogP contribution < -0.4 is 0 Å². The number of benzene rings is 1. The van der Waals surface area contributed by atoms with Crippen molar-refractivity contribution in [2.24, 2.45) is 0 Å². The molecule has 0 saturated heterocycles. The molecule has 0 aromatic heterocycles. The lowest BCUT2D eigenvalue weighted by Crippen LogP contribution is -2.32. The van der Waals surface area contributed by atoms with Crippen LogP contribution in [0.4, 0.5) is 0 Å². The standard InChI is InChI=1S/C11H18OSi/c1-12-11(13(2,3)4)10-8-6-5-7-9-10/h5-9,11H,1-4H3. The molecule has 1 nitrogen and oxygen atoms in total. The van der Waals surface area contributed by atoms with Gasteiger partial charge in [0.05, 0.1) is 13.8 Å². The normalized spacial score (nSPS) is 14.2. The van der Waals surface area contributed by atoms with E-state index < -0.39 is 8.07 Å². The van der Waals surface area contributed by atoms with E-state index in [2.05, 4.69) is 43.9 Å². The first-order valence-electron chi connectivity index (χ1n) is 4.63. The Bertz CT molecular complexity index is 251. The van der Waals surface area contributed by atoms with Crippen LogP contribution in [-0.4, -0.2) is 15.2 Å². The fraction of sp³-hybridized carbons (Fsp3) is 0.455. The van der Waals surface area contributed by atoms with Gasteiger partial charge in [-0.05, 0) is 5.56 Å². The lowest BCUT2D eigenvalue weighted by atomic mass is 10.2. The van der Waals surface area contributed by atoms with Gasteiger partial charge in [-0.25, -0.2) is 0 Å². The van der Waals surface area contributed by atoms with Crippen molar-refractivity contribution in [2.75, 3.05) is 7.11 Å². The monoisotopic (exact) mass is 194 g/mol. The van der Waals surface area contributed by atoms with Gasteiger partial charge in [-0.3, -0.25) is 0 Å². The van der Waals surface area contributed by atoms with E-state index in [1.54, 1.807) is 7.11 Å². The number of rotatable bonds is 3. The first kappa shape index (κ1) is 10.5. The molecule has 2 heteroatoms. The van der Waals surface area contributed by atoms with Gasteiger partial charge in [0, 0.05) is 7.11 Å². The summed E-state index contributed by atoms with van der Waals surface area (Å²) in [5.74, 6) is 0. The summed E-state index contributed by atoms with van der Waals surface area (Å²) in [6.07, 6.45) is 0.